The van der Waals surface area contributed by atoms with Crippen LogP contribution in [-0.4, -0.2) is 29.9 Å². The smallest absolute Gasteiger partial charge is 0.225 e. The molecule has 0 bridgehead atoms. The summed E-state index contributed by atoms with van der Waals surface area (Å²) in [7, 11) is 1.93. The topological polar surface area (TPSA) is 46.3 Å². The number of hydrogen-bond donors (Lipinski definition) is 1. The predicted octanol–water partition coefficient (Wildman–Crippen LogP) is 1.76. The van der Waals surface area contributed by atoms with Gasteiger partial charge >= 0.3 is 0 Å². The van der Waals surface area contributed by atoms with Gasteiger partial charge in [0, 0.05) is 25.0 Å². The zero-order chi connectivity index (χ0) is 11.4. The molecule has 0 spiro atoms. The first-order valence-electron chi connectivity index (χ1n) is 6.12. The van der Waals surface area contributed by atoms with E-state index in [2.05, 4.69) is 13.8 Å². The minimum atomic E-state index is 0.186. The Hall–Kier alpha value is -0.570. The van der Waals surface area contributed by atoms with Crippen molar-refractivity contribution < 1.29 is 4.79 Å². The average Bonchev–Trinajstić information content (AvgIpc) is 2.65. The highest BCUT2D eigenvalue weighted by molar-refractivity contribution is 5.79. The van der Waals surface area contributed by atoms with Gasteiger partial charge in [0.2, 0.25) is 5.91 Å². The molecule has 1 aliphatic rings. The summed E-state index contributed by atoms with van der Waals surface area (Å²) in [5, 5.41) is 0. The summed E-state index contributed by atoms with van der Waals surface area (Å²) in [6, 6.07) is 0.642. The second kappa shape index (κ2) is 5.50. The Morgan fingerprint density at radius 3 is 2.40 bits per heavy atom. The molecule has 0 aromatic rings. The van der Waals surface area contributed by atoms with Crippen LogP contribution in [0.4, 0.5) is 0 Å². The van der Waals surface area contributed by atoms with Crippen molar-refractivity contribution in [3.05, 3.63) is 0 Å². The fraction of sp³-hybridized carbons (Fsp3) is 0.917. The molecule has 0 saturated heterocycles. The fourth-order valence-corrected chi connectivity index (χ4v) is 2.55. The number of nitrogens with two attached hydrogens (primary N) is 1. The first-order chi connectivity index (χ1) is 7.10. The molecule has 1 amide bonds. The van der Waals surface area contributed by atoms with Crippen LogP contribution in [0, 0.1) is 5.92 Å². The summed E-state index contributed by atoms with van der Waals surface area (Å²) in [5.74, 6) is 0.488. The van der Waals surface area contributed by atoms with Crippen molar-refractivity contribution in [2.45, 2.75) is 58.0 Å². The number of rotatable bonds is 4. The van der Waals surface area contributed by atoms with Crippen LogP contribution in [0.2, 0.25) is 0 Å². The van der Waals surface area contributed by atoms with Crippen molar-refractivity contribution >= 4 is 5.91 Å². The molecule has 0 radical (unpaired) electrons. The van der Waals surface area contributed by atoms with Crippen molar-refractivity contribution in [2.75, 3.05) is 7.05 Å². The molecule has 0 aromatic carbocycles. The third-order valence-corrected chi connectivity index (χ3v) is 3.66. The van der Waals surface area contributed by atoms with E-state index in [0.29, 0.717) is 11.9 Å². The molecule has 3 nitrogen and oxygen atoms in total. The number of nitrogens with zero attached hydrogens (tertiary/aromatic N) is 1. The van der Waals surface area contributed by atoms with Crippen molar-refractivity contribution in [1.82, 2.24) is 4.90 Å². The maximum absolute atomic E-state index is 12.1. The third kappa shape index (κ3) is 2.94. The zero-order valence-corrected chi connectivity index (χ0v) is 10.2. The van der Waals surface area contributed by atoms with Gasteiger partial charge in [0.1, 0.15) is 0 Å². The van der Waals surface area contributed by atoms with Crippen molar-refractivity contribution in [2.24, 2.45) is 11.7 Å². The number of amides is 1. The number of hydrogen-bond acceptors (Lipinski definition) is 2. The molecule has 1 aliphatic carbocycles. The van der Waals surface area contributed by atoms with Gasteiger partial charge in [0.15, 0.2) is 0 Å². The van der Waals surface area contributed by atoms with Crippen molar-refractivity contribution in [3.63, 3.8) is 0 Å². The standard InChI is InChI=1S/C12H24N2O/c1-4-11(5-2)14(3)12(15)9-6-7-10(13)8-9/h9-11H,4-8,13H2,1-3H3. The molecule has 1 fully saturated rings. The summed E-state index contributed by atoms with van der Waals surface area (Å²) >= 11 is 0. The number of carbonyl (C=O) groups is 1. The van der Waals surface area contributed by atoms with Gasteiger partial charge in [0.05, 0.1) is 0 Å². The minimum Gasteiger partial charge on any atom is -0.343 e. The molecule has 1 saturated carbocycles. The second-order valence-electron chi connectivity index (χ2n) is 4.69. The molecule has 0 aromatic heterocycles. The van der Waals surface area contributed by atoms with Crippen LogP contribution >= 0.6 is 0 Å². The molecule has 0 heterocycles. The Bertz CT molecular complexity index is 214. The lowest BCUT2D eigenvalue weighted by molar-refractivity contribution is -0.136. The zero-order valence-electron chi connectivity index (χ0n) is 10.2. The van der Waals surface area contributed by atoms with Gasteiger partial charge in [-0.05, 0) is 32.1 Å². The van der Waals surface area contributed by atoms with Crippen LogP contribution in [0.25, 0.3) is 0 Å². The maximum atomic E-state index is 12.1. The quantitative estimate of drug-likeness (QED) is 0.772. The molecule has 15 heavy (non-hydrogen) atoms. The van der Waals surface area contributed by atoms with Crippen LogP contribution in [-0.2, 0) is 4.79 Å². The first kappa shape index (κ1) is 12.5. The molecule has 2 unspecified atom stereocenters. The fourth-order valence-electron chi connectivity index (χ4n) is 2.55. The molecule has 2 atom stereocenters. The Balaban J connectivity index is 2.52. The van der Waals surface area contributed by atoms with E-state index in [9.17, 15) is 4.79 Å². The summed E-state index contributed by atoms with van der Waals surface area (Å²) < 4.78 is 0. The van der Waals surface area contributed by atoms with Gasteiger partial charge in [0.25, 0.3) is 0 Å². The lowest BCUT2D eigenvalue weighted by Crippen LogP contribution is -2.39. The normalized spacial score (nSPS) is 25.9. The van der Waals surface area contributed by atoms with Crippen LogP contribution in [0.3, 0.4) is 0 Å². The minimum absolute atomic E-state index is 0.186. The average molecular weight is 212 g/mol. The van der Waals surface area contributed by atoms with Gasteiger partial charge < -0.3 is 10.6 Å². The van der Waals surface area contributed by atoms with Gasteiger partial charge in [-0.15, -0.1) is 0 Å². The Morgan fingerprint density at radius 1 is 1.40 bits per heavy atom. The SMILES string of the molecule is CCC(CC)N(C)C(=O)C1CCC(N)C1. The highest BCUT2D eigenvalue weighted by Gasteiger charge is 2.31. The highest BCUT2D eigenvalue weighted by atomic mass is 16.2. The van der Waals surface area contributed by atoms with E-state index < -0.39 is 0 Å². The molecule has 3 heteroatoms. The van der Waals surface area contributed by atoms with Crippen LogP contribution in [0.5, 0.6) is 0 Å². The molecular formula is C12H24N2O. The van der Waals surface area contributed by atoms with E-state index in [0.717, 1.165) is 32.1 Å². The van der Waals surface area contributed by atoms with Crippen molar-refractivity contribution in [3.8, 4) is 0 Å². The van der Waals surface area contributed by atoms with E-state index in [4.69, 9.17) is 5.73 Å². The van der Waals surface area contributed by atoms with Gasteiger partial charge in [-0.3, -0.25) is 4.79 Å². The monoisotopic (exact) mass is 212 g/mol. The number of carbonyl (C=O) groups excluding carboxylic acids is 1. The Morgan fingerprint density at radius 2 is 2.00 bits per heavy atom. The maximum Gasteiger partial charge on any atom is 0.225 e. The second-order valence-corrected chi connectivity index (χ2v) is 4.69. The van der Waals surface area contributed by atoms with Gasteiger partial charge in [-0.2, -0.15) is 0 Å². The summed E-state index contributed by atoms with van der Waals surface area (Å²) in [4.78, 5) is 14.1. The molecule has 0 aliphatic heterocycles. The molecular weight excluding hydrogens is 188 g/mol. The summed E-state index contributed by atoms with van der Waals surface area (Å²) in [6.07, 6.45) is 4.94. The van der Waals surface area contributed by atoms with E-state index in [1.165, 1.54) is 0 Å². The van der Waals surface area contributed by atoms with Gasteiger partial charge in [-0.1, -0.05) is 13.8 Å². The van der Waals surface area contributed by atoms with Crippen LogP contribution < -0.4 is 5.73 Å². The Labute approximate surface area is 93.0 Å². The summed E-state index contributed by atoms with van der Waals surface area (Å²) in [5.41, 5.74) is 5.83. The largest absolute Gasteiger partial charge is 0.343 e. The highest BCUT2D eigenvalue weighted by Crippen LogP contribution is 2.26. The van der Waals surface area contributed by atoms with Gasteiger partial charge in [-0.25, -0.2) is 0 Å². The van der Waals surface area contributed by atoms with E-state index in [1.54, 1.807) is 0 Å². The van der Waals surface area contributed by atoms with E-state index >= 15 is 0 Å². The van der Waals surface area contributed by atoms with Crippen molar-refractivity contribution in [1.29, 1.82) is 0 Å². The lowest BCUT2D eigenvalue weighted by atomic mass is 10.0. The predicted molar refractivity (Wildman–Crippen MR) is 62.5 cm³/mol. The molecule has 88 valence electrons. The van der Waals surface area contributed by atoms with Crippen LogP contribution in [0.15, 0.2) is 0 Å². The van der Waals surface area contributed by atoms with E-state index in [-0.39, 0.29) is 12.0 Å². The molecule has 1 rings (SSSR count). The Kier molecular flexibility index (Phi) is 4.58. The van der Waals surface area contributed by atoms with Crippen LogP contribution in [0.1, 0.15) is 46.0 Å². The summed E-state index contributed by atoms with van der Waals surface area (Å²) in [6.45, 7) is 4.27. The first-order valence-corrected chi connectivity index (χ1v) is 6.12. The van der Waals surface area contributed by atoms with E-state index in [1.807, 2.05) is 11.9 Å². The lowest BCUT2D eigenvalue weighted by Gasteiger charge is -2.28. The molecule has 2 N–H and O–H groups in total. The third-order valence-electron chi connectivity index (χ3n) is 3.66.